The lowest BCUT2D eigenvalue weighted by Crippen LogP contribution is -2.44. The fourth-order valence-electron chi connectivity index (χ4n) is 3.94. The lowest BCUT2D eigenvalue weighted by molar-refractivity contribution is -0.137. The summed E-state index contributed by atoms with van der Waals surface area (Å²) in [5.41, 5.74) is 2.46. The molecule has 172 valence electrons. The minimum atomic E-state index is -3.75. The molecule has 7 nitrogen and oxygen atoms in total. The number of nitrogens with zero attached hydrogens (tertiary/aromatic N) is 1. The Morgan fingerprint density at radius 2 is 1.62 bits per heavy atom. The molecule has 0 bridgehead atoms. The fourth-order valence-corrected chi connectivity index (χ4v) is 5.08. The number of esters is 1. The molecule has 0 aliphatic carbocycles. The van der Waals surface area contributed by atoms with E-state index in [1.165, 1.54) is 24.3 Å². The third-order valence-electron chi connectivity index (χ3n) is 5.71. The summed E-state index contributed by atoms with van der Waals surface area (Å²) in [4.78, 5) is 26.6. The first-order valence-electron chi connectivity index (χ1n) is 10.7. The Morgan fingerprint density at radius 3 is 2.22 bits per heavy atom. The van der Waals surface area contributed by atoms with E-state index in [9.17, 15) is 18.0 Å². The highest BCUT2D eigenvalue weighted by Crippen LogP contribution is 2.22. The fraction of sp³-hybridized carbons (Fsp3) is 0.417. The number of ether oxygens (including phenoxy) is 1. The number of carbonyl (C=O) groups excluding carboxylic acids is 2. The number of likely N-dealkylation sites (tertiary alicyclic amines) is 1. The number of carbonyl (C=O) groups is 2. The molecular weight excluding hydrogens is 428 g/mol. The normalized spacial score (nSPS) is 18.8. The summed E-state index contributed by atoms with van der Waals surface area (Å²) in [6.45, 7) is 9.03. The summed E-state index contributed by atoms with van der Waals surface area (Å²) >= 11 is 0. The molecular formula is C24H30N2O5S. The van der Waals surface area contributed by atoms with Gasteiger partial charge in [0.15, 0.2) is 6.61 Å². The molecule has 1 heterocycles. The van der Waals surface area contributed by atoms with Crippen LogP contribution >= 0.6 is 0 Å². The van der Waals surface area contributed by atoms with Crippen LogP contribution in [0.1, 0.15) is 41.8 Å². The van der Waals surface area contributed by atoms with Gasteiger partial charge in [-0.3, -0.25) is 9.52 Å². The van der Waals surface area contributed by atoms with Crippen LogP contribution in [0.5, 0.6) is 0 Å². The number of aryl methyl sites for hydroxylation is 2. The van der Waals surface area contributed by atoms with Crippen LogP contribution in [0.4, 0.5) is 5.69 Å². The van der Waals surface area contributed by atoms with Crippen molar-refractivity contribution in [2.75, 3.05) is 24.4 Å². The molecule has 1 N–H and O–H groups in total. The highest BCUT2D eigenvalue weighted by molar-refractivity contribution is 7.92. The molecule has 2 aromatic rings. The van der Waals surface area contributed by atoms with Crippen molar-refractivity contribution in [1.29, 1.82) is 0 Å². The van der Waals surface area contributed by atoms with Gasteiger partial charge in [-0.1, -0.05) is 19.9 Å². The maximum Gasteiger partial charge on any atom is 0.338 e. The molecule has 0 spiro atoms. The van der Waals surface area contributed by atoms with Crippen LogP contribution in [0.3, 0.4) is 0 Å². The van der Waals surface area contributed by atoms with Crippen molar-refractivity contribution in [2.45, 2.75) is 39.0 Å². The van der Waals surface area contributed by atoms with Crippen molar-refractivity contribution in [3.05, 3.63) is 59.2 Å². The van der Waals surface area contributed by atoms with E-state index in [1.54, 1.807) is 23.1 Å². The molecule has 0 aromatic heterocycles. The van der Waals surface area contributed by atoms with E-state index < -0.39 is 16.0 Å². The molecule has 1 amide bonds. The lowest BCUT2D eigenvalue weighted by atomic mass is 9.92. The molecule has 1 saturated heterocycles. The molecule has 3 rings (SSSR count). The van der Waals surface area contributed by atoms with Gasteiger partial charge in [0.25, 0.3) is 15.9 Å². The van der Waals surface area contributed by atoms with Gasteiger partial charge in [0, 0.05) is 18.8 Å². The second-order valence-electron chi connectivity index (χ2n) is 8.75. The van der Waals surface area contributed by atoms with Crippen LogP contribution in [0.2, 0.25) is 0 Å². The number of anilines is 1. The van der Waals surface area contributed by atoms with E-state index in [4.69, 9.17) is 4.74 Å². The van der Waals surface area contributed by atoms with Crippen molar-refractivity contribution in [1.82, 2.24) is 4.90 Å². The predicted octanol–water partition coefficient (Wildman–Crippen LogP) is 3.77. The van der Waals surface area contributed by atoms with Gasteiger partial charge in [-0.15, -0.1) is 0 Å². The van der Waals surface area contributed by atoms with Crippen molar-refractivity contribution >= 4 is 27.6 Å². The first-order valence-corrected chi connectivity index (χ1v) is 12.2. The van der Waals surface area contributed by atoms with Gasteiger partial charge in [-0.05, 0) is 79.6 Å². The molecule has 0 radical (unpaired) electrons. The quantitative estimate of drug-likeness (QED) is 0.666. The third-order valence-corrected chi connectivity index (χ3v) is 7.09. The Balaban J connectivity index is 1.58. The van der Waals surface area contributed by atoms with E-state index in [0.29, 0.717) is 30.6 Å². The van der Waals surface area contributed by atoms with Gasteiger partial charge in [0.1, 0.15) is 0 Å². The van der Waals surface area contributed by atoms with Gasteiger partial charge in [-0.25, -0.2) is 13.2 Å². The molecule has 1 fully saturated rings. The Morgan fingerprint density at radius 1 is 1.00 bits per heavy atom. The second-order valence-corrected chi connectivity index (χ2v) is 10.4. The van der Waals surface area contributed by atoms with Gasteiger partial charge in [-0.2, -0.15) is 0 Å². The average Bonchev–Trinajstić information content (AvgIpc) is 2.73. The zero-order valence-corrected chi connectivity index (χ0v) is 19.7. The van der Waals surface area contributed by atoms with Gasteiger partial charge in [0.2, 0.25) is 0 Å². The number of hydrogen-bond acceptors (Lipinski definition) is 5. The number of hydrogen-bond donors (Lipinski definition) is 1. The summed E-state index contributed by atoms with van der Waals surface area (Å²) in [5.74, 6) is 0.0339. The Labute approximate surface area is 189 Å². The molecule has 8 heteroatoms. The van der Waals surface area contributed by atoms with E-state index >= 15 is 0 Å². The highest BCUT2D eigenvalue weighted by Gasteiger charge is 2.26. The highest BCUT2D eigenvalue weighted by atomic mass is 32.2. The van der Waals surface area contributed by atoms with Crippen LogP contribution in [0.15, 0.2) is 47.4 Å². The zero-order chi connectivity index (χ0) is 23.5. The van der Waals surface area contributed by atoms with Crippen LogP contribution in [0, 0.1) is 25.7 Å². The molecule has 0 unspecified atom stereocenters. The topological polar surface area (TPSA) is 92.8 Å². The molecule has 0 saturated carbocycles. The van der Waals surface area contributed by atoms with E-state index in [-0.39, 0.29) is 23.0 Å². The molecule has 32 heavy (non-hydrogen) atoms. The van der Waals surface area contributed by atoms with Gasteiger partial charge < -0.3 is 9.64 Å². The summed E-state index contributed by atoms with van der Waals surface area (Å²) in [5, 5.41) is 0. The van der Waals surface area contributed by atoms with Crippen LogP contribution in [0.25, 0.3) is 0 Å². The van der Waals surface area contributed by atoms with Crippen LogP contribution < -0.4 is 4.72 Å². The minimum absolute atomic E-state index is 0.170. The largest absolute Gasteiger partial charge is 0.452 e. The van der Waals surface area contributed by atoms with E-state index in [2.05, 4.69) is 18.6 Å². The first-order chi connectivity index (χ1) is 15.0. The Kier molecular flexibility index (Phi) is 7.23. The van der Waals surface area contributed by atoms with E-state index in [1.807, 2.05) is 13.8 Å². The van der Waals surface area contributed by atoms with Crippen molar-refractivity contribution in [3.8, 4) is 0 Å². The SMILES string of the molecule is Cc1ccc(S(=O)(=O)Nc2ccc(C(=O)OCC(=O)N3C[C@@H](C)C[C@H](C)C3)cc2)cc1C. The third kappa shape index (κ3) is 5.88. The predicted molar refractivity (Wildman–Crippen MR) is 123 cm³/mol. The molecule has 2 atom stereocenters. The zero-order valence-electron chi connectivity index (χ0n) is 18.9. The monoisotopic (exact) mass is 458 g/mol. The number of amides is 1. The summed E-state index contributed by atoms with van der Waals surface area (Å²) in [6.07, 6.45) is 1.09. The standard InChI is InChI=1S/C24H30N2O5S/c1-16-11-17(2)14-26(13-16)23(27)15-31-24(28)20-6-8-21(9-7-20)25-32(29,30)22-10-5-18(3)19(4)12-22/h5-10,12,16-17,25H,11,13-15H2,1-4H3/t16-,17-/m0/s1. The van der Waals surface area contributed by atoms with Crippen molar-refractivity contribution < 1.29 is 22.7 Å². The molecule has 1 aliphatic rings. The van der Waals surface area contributed by atoms with Crippen molar-refractivity contribution in [3.63, 3.8) is 0 Å². The number of nitrogens with one attached hydrogen (secondary N) is 1. The van der Waals surface area contributed by atoms with Gasteiger partial charge >= 0.3 is 5.97 Å². The Bertz CT molecular complexity index is 1090. The summed E-state index contributed by atoms with van der Waals surface area (Å²) < 4.78 is 32.9. The van der Waals surface area contributed by atoms with Crippen LogP contribution in [-0.4, -0.2) is 44.9 Å². The first kappa shape index (κ1) is 23.8. The number of sulfonamides is 1. The van der Waals surface area contributed by atoms with Crippen molar-refractivity contribution in [2.24, 2.45) is 11.8 Å². The molecule has 1 aliphatic heterocycles. The number of rotatable bonds is 6. The minimum Gasteiger partial charge on any atom is -0.452 e. The number of benzene rings is 2. The maximum absolute atomic E-state index is 12.6. The second kappa shape index (κ2) is 9.73. The molecule has 2 aromatic carbocycles. The summed E-state index contributed by atoms with van der Waals surface area (Å²) in [6, 6.07) is 10.8. The van der Waals surface area contributed by atoms with Crippen LogP contribution in [-0.2, 0) is 19.6 Å². The maximum atomic E-state index is 12.6. The van der Waals surface area contributed by atoms with E-state index in [0.717, 1.165) is 17.5 Å². The smallest absolute Gasteiger partial charge is 0.338 e. The average molecular weight is 459 g/mol. The Hall–Kier alpha value is -2.87. The lowest BCUT2D eigenvalue weighted by Gasteiger charge is -2.34. The number of piperidine rings is 1. The summed E-state index contributed by atoms with van der Waals surface area (Å²) in [7, 11) is -3.75. The van der Waals surface area contributed by atoms with Gasteiger partial charge in [0.05, 0.1) is 10.5 Å².